The molecule has 0 heterocycles. The molecule has 0 aliphatic rings. The highest BCUT2D eigenvalue weighted by Gasteiger charge is 2.28. The Morgan fingerprint density at radius 3 is 1.42 bits per heavy atom. The molecule has 0 bridgehead atoms. The Labute approximate surface area is 116 Å². The van der Waals surface area contributed by atoms with Crippen molar-refractivity contribution in [1.29, 1.82) is 0 Å². The van der Waals surface area contributed by atoms with Crippen LogP contribution in [0.3, 0.4) is 0 Å². The van der Waals surface area contributed by atoms with Crippen LogP contribution in [0, 0.1) is 6.92 Å². The molecule has 0 unspecified atom stereocenters. The minimum absolute atomic E-state index is 0.0434. The van der Waals surface area contributed by atoms with E-state index in [4.69, 9.17) is 0 Å². The zero-order valence-electron chi connectivity index (χ0n) is 12.8. The molecule has 3 nitrogen and oxygen atoms in total. The normalized spacial score (nSPS) is 13.7. The van der Waals surface area contributed by atoms with E-state index in [1.807, 2.05) is 48.5 Å². The Bertz CT molecular complexity index is 550. The number of hydrogen-bond donors (Lipinski definition) is 0. The maximum atomic E-state index is 11.7. The molecule has 0 amide bonds. The van der Waals surface area contributed by atoms with Crippen LogP contribution in [0.15, 0.2) is 17.0 Å². The first-order valence-corrected chi connectivity index (χ1v) is 7.77. The Morgan fingerprint density at radius 2 is 1.21 bits per heavy atom. The van der Waals surface area contributed by atoms with Crippen LogP contribution in [0.2, 0.25) is 0 Å². The zero-order chi connectivity index (χ0) is 15.2. The molecule has 0 N–H and O–H groups in total. The zero-order valence-corrected chi connectivity index (χ0v) is 13.6. The second-order valence-corrected chi connectivity index (χ2v) is 8.46. The first-order chi connectivity index (χ1) is 8.24. The Hall–Kier alpha value is -0.870. The molecule has 0 aromatic heterocycles. The van der Waals surface area contributed by atoms with Crippen molar-refractivity contribution in [3.63, 3.8) is 0 Å². The van der Waals surface area contributed by atoms with Crippen molar-refractivity contribution < 1.29 is 13.0 Å². The predicted molar refractivity (Wildman–Crippen MR) is 76.5 cm³/mol. The second kappa shape index (κ2) is 4.60. The van der Waals surface area contributed by atoms with E-state index < -0.39 is 20.9 Å². The van der Waals surface area contributed by atoms with E-state index >= 15 is 0 Å². The van der Waals surface area contributed by atoms with Gasteiger partial charge in [0.25, 0.3) is 0 Å². The van der Waals surface area contributed by atoms with Gasteiger partial charge in [0.05, 0.1) is 4.90 Å². The number of benzene rings is 1. The molecule has 1 aromatic rings. The summed E-state index contributed by atoms with van der Waals surface area (Å²) < 4.78 is 35.2. The molecule has 108 valence electrons. The highest BCUT2D eigenvalue weighted by molar-refractivity contribution is 7.85. The van der Waals surface area contributed by atoms with Crippen molar-refractivity contribution in [3.05, 3.63) is 28.8 Å². The van der Waals surface area contributed by atoms with Gasteiger partial charge in [-0.2, -0.15) is 0 Å². The average Bonchev–Trinajstić information content (AvgIpc) is 2.11. The van der Waals surface area contributed by atoms with Gasteiger partial charge in [-0.3, -0.25) is 0 Å². The lowest BCUT2D eigenvalue weighted by Gasteiger charge is -2.31. The fraction of sp³-hybridized carbons (Fsp3) is 0.600. The number of rotatable bonds is 1. The maximum absolute atomic E-state index is 11.7. The number of aryl methyl sites for hydroxylation is 1. The molecule has 0 spiro atoms. The summed E-state index contributed by atoms with van der Waals surface area (Å²) in [5, 5.41) is 0. The van der Waals surface area contributed by atoms with Crippen LogP contribution in [-0.2, 0) is 20.9 Å². The average molecular weight is 283 g/mol. The summed E-state index contributed by atoms with van der Waals surface area (Å²) in [6.07, 6.45) is 0. The van der Waals surface area contributed by atoms with Crippen molar-refractivity contribution in [2.24, 2.45) is 0 Å². The van der Waals surface area contributed by atoms with Crippen LogP contribution in [0.4, 0.5) is 0 Å². The van der Waals surface area contributed by atoms with E-state index in [0.717, 1.165) is 5.56 Å². The molecule has 1 rings (SSSR count). The van der Waals surface area contributed by atoms with Crippen molar-refractivity contribution >= 4 is 10.1 Å². The minimum Gasteiger partial charge on any atom is -0.744 e. The Balaban J connectivity index is 3.91. The molecule has 0 saturated carbocycles. The number of hydrogen-bond acceptors (Lipinski definition) is 3. The SMILES string of the molecule is Cc1cc(C(C)(C)C)c(S(=O)(=O)[O-])c(C(C)(C)C)c1. The summed E-state index contributed by atoms with van der Waals surface area (Å²) in [5.41, 5.74) is 1.40. The van der Waals surface area contributed by atoms with Crippen molar-refractivity contribution in [2.75, 3.05) is 0 Å². The minimum atomic E-state index is -4.50. The van der Waals surface area contributed by atoms with E-state index in [1.54, 1.807) is 12.1 Å². The lowest BCUT2D eigenvalue weighted by molar-refractivity contribution is 0.450. The molecule has 0 aliphatic heterocycles. The molecular weight excluding hydrogens is 260 g/mol. The highest BCUT2D eigenvalue weighted by atomic mass is 32.2. The van der Waals surface area contributed by atoms with Gasteiger partial charge in [0.1, 0.15) is 10.1 Å². The monoisotopic (exact) mass is 283 g/mol. The summed E-state index contributed by atoms with van der Waals surface area (Å²) in [4.78, 5) is -0.0434. The van der Waals surface area contributed by atoms with Gasteiger partial charge >= 0.3 is 0 Å². The van der Waals surface area contributed by atoms with Gasteiger partial charge < -0.3 is 4.55 Å². The predicted octanol–water partition coefficient (Wildman–Crippen LogP) is 3.49. The quantitative estimate of drug-likeness (QED) is 0.741. The van der Waals surface area contributed by atoms with Gasteiger partial charge in [-0.1, -0.05) is 59.2 Å². The summed E-state index contributed by atoms with van der Waals surface area (Å²) in [6, 6.07) is 3.61. The molecule has 4 heteroatoms. The molecule has 0 aliphatic carbocycles. The summed E-state index contributed by atoms with van der Waals surface area (Å²) >= 11 is 0. The van der Waals surface area contributed by atoms with Gasteiger partial charge in [0.15, 0.2) is 0 Å². The van der Waals surface area contributed by atoms with E-state index in [1.165, 1.54) is 0 Å². The van der Waals surface area contributed by atoms with Crippen molar-refractivity contribution in [2.45, 2.75) is 64.2 Å². The van der Waals surface area contributed by atoms with E-state index in [9.17, 15) is 13.0 Å². The first kappa shape index (κ1) is 16.2. The summed E-state index contributed by atoms with van der Waals surface area (Å²) in [6.45, 7) is 13.4. The smallest absolute Gasteiger partial charge is 0.125 e. The molecule has 0 atom stereocenters. The fourth-order valence-electron chi connectivity index (χ4n) is 2.16. The summed E-state index contributed by atoms with van der Waals surface area (Å²) in [5.74, 6) is 0. The third-order valence-corrected chi connectivity index (χ3v) is 4.04. The first-order valence-electron chi connectivity index (χ1n) is 6.36. The van der Waals surface area contributed by atoms with E-state index in [0.29, 0.717) is 11.1 Å². The van der Waals surface area contributed by atoms with E-state index in [2.05, 4.69) is 0 Å². The van der Waals surface area contributed by atoms with Crippen LogP contribution >= 0.6 is 0 Å². The van der Waals surface area contributed by atoms with Crippen LogP contribution in [0.5, 0.6) is 0 Å². The van der Waals surface area contributed by atoms with Gasteiger partial charge in [0, 0.05) is 0 Å². The highest BCUT2D eigenvalue weighted by Crippen LogP contribution is 2.37. The molecule has 1 aromatic carbocycles. The fourth-order valence-corrected chi connectivity index (χ4v) is 3.43. The lowest BCUT2D eigenvalue weighted by atomic mass is 9.79. The third kappa shape index (κ3) is 3.57. The van der Waals surface area contributed by atoms with Crippen LogP contribution in [-0.4, -0.2) is 13.0 Å². The molecule has 0 saturated heterocycles. The largest absolute Gasteiger partial charge is 0.744 e. The van der Waals surface area contributed by atoms with Gasteiger partial charge in [-0.05, 0) is 28.9 Å². The Morgan fingerprint density at radius 1 is 0.895 bits per heavy atom. The van der Waals surface area contributed by atoms with Crippen molar-refractivity contribution in [1.82, 2.24) is 0 Å². The van der Waals surface area contributed by atoms with Gasteiger partial charge in [0.2, 0.25) is 0 Å². The second-order valence-electron chi connectivity index (χ2n) is 7.14. The lowest BCUT2D eigenvalue weighted by Crippen LogP contribution is -2.23. The summed E-state index contributed by atoms with van der Waals surface area (Å²) in [7, 11) is -4.50. The Kier molecular flexibility index (Phi) is 3.92. The standard InChI is InChI=1S/C15H24O3S/c1-10-8-11(14(2,3)4)13(19(16,17)18)12(9-10)15(5,6)7/h8-9H,1-7H3,(H,16,17,18)/p-1. The third-order valence-electron chi connectivity index (χ3n) is 3.10. The topological polar surface area (TPSA) is 57.2 Å². The van der Waals surface area contributed by atoms with Gasteiger partial charge in [-0.15, -0.1) is 0 Å². The van der Waals surface area contributed by atoms with Crippen molar-refractivity contribution in [3.8, 4) is 0 Å². The van der Waals surface area contributed by atoms with Crippen LogP contribution in [0.25, 0.3) is 0 Å². The van der Waals surface area contributed by atoms with Crippen LogP contribution < -0.4 is 0 Å². The molecule has 0 radical (unpaired) electrons. The molecule has 19 heavy (non-hydrogen) atoms. The van der Waals surface area contributed by atoms with Crippen LogP contribution in [0.1, 0.15) is 58.2 Å². The molecular formula is C15H23O3S-. The maximum Gasteiger partial charge on any atom is 0.125 e. The van der Waals surface area contributed by atoms with Gasteiger partial charge in [-0.25, -0.2) is 8.42 Å². The van der Waals surface area contributed by atoms with E-state index in [-0.39, 0.29) is 4.90 Å². The molecule has 0 fully saturated rings.